The van der Waals surface area contributed by atoms with Crippen molar-refractivity contribution in [1.29, 1.82) is 0 Å². The largest absolute Gasteiger partial charge is 0.460 e. The first-order valence-corrected chi connectivity index (χ1v) is 3.13. The lowest BCUT2D eigenvalue weighted by Crippen LogP contribution is -2.14. The van der Waals surface area contributed by atoms with Gasteiger partial charge in [-0.1, -0.05) is 11.6 Å². The number of carbonyl (C=O) groups excluding carboxylic acids is 2. The Bertz CT molecular complexity index is 162. The van der Waals surface area contributed by atoms with E-state index >= 15 is 0 Å². The van der Waals surface area contributed by atoms with E-state index in [-0.39, 0.29) is 6.61 Å². The van der Waals surface area contributed by atoms with Gasteiger partial charge in [-0.15, -0.1) is 0 Å². The van der Waals surface area contributed by atoms with Crippen LogP contribution in [0.15, 0.2) is 11.6 Å². The normalized spacial score (nSPS) is 9.80. The van der Waals surface area contributed by atoms with Crippen LogP contribution in [0.4, 0.5) is 0 Å². The van der Waals surface area contributed by atoms with Crippen molar-refractivity contribution in [2.45, 2.75) is 6.92 Å². The van der Waals surface area contributed by atoms with Gasteiger partial charge in [0.05, 0.1) is 6.61 Å². The zero-order chi connectivity index (χ0) is 7.98. The minimum atomic E-state index is -0.876. The molecule has 56 valence electrons. The molecule has 0 radical (unpaired) electrons. The summed E-state index contributed by atoms with van der Waals surface area (Å²) in [5.74, 6) is -1.61. The summed E-state index contributed by atoms with van der Waals surface area (Å²) in [7, 11) is 0. The lowest BCUT2D eigenvalue weighted by atomic mass is 10.4. The number of hydrogen-bond donors (Lipinski definition) is 0. The van der Waals surface area contributed by atoms with E-state index in [0.29, 0.717) is 0 Å². The van der Waals surface area contributed by atoms with Gasteiger partial charge in [-0.2, -0.15) is 0 Å². The van der Waals surface area contributed by atoms with Crippen LogP contribution in [0.3, 0.4) is 0 Å². The minimum Gasteiger partial charge on any atom is -0.460 e. The molecule has 0 amide bonds. The zero-order valence-electron chi connectivity index (χ0n) is 5.46. The Morgan fingerprint density at radius 1 is 1.60 bits per heavy atom. The Morgan fingerprint density at radius 2 is 2.20 bits per heavy atom. The van der Waals surface area contributed by atoms with E-state index in [0.717, 1.165) is 11.6 Å². The average molecular weight is 163 g/mol. The molecule has 0 bridgehead atoms. The van der Waals surface area contributed by atoms with Crippen LogP contribution in [0.2, 0.25) is 0 Å². The Kier molecular flexibility index (Phi) is 4.58. The number of esters is 1. The van der Waals surface area contributed by atoms with Gasteiger partial charge in [0, 0.05) is 11.6 Å². The molecule has 0 N–H and O–H groups in total. The van der Waals surface area contributed by atoms with Crippen molar-refractivity contribution in [3.8, 4) is 0 Å². The third-order valence-electron chi connectivity index (χ3n) is 0.691. The highest BCUT2D eigenvalue weighted by Gasteiger charge is 2.09. The molecular weight excluding hydrogens is 156 g/mol. The molecule has 0 heterocycles. The Morgan fingerprint density at radius 3 is 2.60 bits per heavy atom. The second kappa shape index (κ2) is 4.99. The summed E-state index contributed by atoms with van der Waals surface area (Å²) in [5, 5.41) is 0. The van der Waals surface area contributed by atoms with Crippen LogP contribution in [-0.2, 0) is 14.3 Å². The van der Waals surface area contributed by atoms with E-state index in [1.165, 1.54) is 0 Å². The van der Waals surface area contributed by atoms with Gasteiger partial charge in [0.1, 0.15) is 0 Å². The molecule has 0 unspecified atom stereocenters. The predicted molar refractivity (Wildman–Crippen MR) is 36.6 cm³/mol. The van der Waals surface area contributed by atoms with Crippen molar-refractivity contribution >= 4 is 23.4 Å². The van der Waals surface area contributed by atoms with Crippen molar-refractivity contribution in [2.24, 2.45) is 0 Å². The fourth-order valence-electron chi connectivity index (χ4n) is 0.327. The van der Waals surface area contributed by atoms with E-state index in [1.807, 2.05) is 0 Å². The fraction of sp³-hybridized carbons (Fsp3) is 0.333. The number of carbonyl (C=O) groups is 2. The van der Waals surface area contributed by atoms with Gasteiger partial charge in [-0.25, -0.2) is 4.79 Å². The van der Waals surface area contributed by atoms with Gasteiger partial charge in [0.25, 0.3) is 5.78 Å². The van der Waals surface area contributed by atoms with Crippen molar-refractivity contribution in [1.82, 2.24) is 0 Å². The molecule has 0 aliphatic heterocycles. The van der Waals surface area contributed by atoms with E-state index in [4.69, 9.17) is 11.6 Å². The Balaban J connectivity index is 3.83. The summed E-state index contributed by atoms with van der Waals surface area (Å²) in [6.45, 7) is 1.82. The SMILES string of the molecule is CCOC(=O)C(=O)/C=C/Cl. The molecule has 0 aliphatic carbocycles. The van der Waals surface area contributed by atoms with Crippen LogP contribution >= 0.6 is 11.6 Å². The smallest absolute Gasteiger partial charge is 0.379 e. The van der Waals surface area contributed by atoms with Gasteiger partial charge in [0.15, 0.2) is 0 Å². The van der Waals surface area contributed by atoms with Gasteiger partial charge in [0.2, 0.25) is 0 Å². The molecule has 0 aromatic rings. The highest BCUT2D eigenvalue weighted by atomic mass is 35.5. The average Bonchev–Trinajstić information content (AvgIpc) is 1.89. The second-order valence-electron chi connectivity index (χ2n) is 1.38. The first kappa shape index (κ1) is 9.17. The molecule has 3 nitrogen and oxygen atoms in total. The number of hydrogen-bond acceptors (Lipinski definition) is 3. The molecular formula is C6H7ClO3. The lowest BCUT2D eigenvalue weighted by Gasteiger charge is -1.94. The van der Waals surface area contributed by atoms with Crippen molar-refractivity contribution in [2.75, 3.05) is 6.61 Å². The van der Waals surface area contributed by atoms with E-state index in [1.54, 1.807) is 6.92 Å². The Hall–Kier alpha value is -0.830. The predicted octanol–water partition coefficient (Wildman–Crippen LogP) is 0.871. The molecule has 0 aromatic carbocycles. The molecule has 0 atom stereocenters. The molecule has 0 saturated carbocycles. The summed E-state index contributed by atoms with van der Waals surface area (Å²) in [6.07, 6.45) is 0.944. The maximum absolute atomic E-state index is 10.5. The highest BCUT2D eigenvalue weighted by molar-refractivity contribution is 6.40. The van der Waals surface area contributed by atoms with Crippen LogP contribution in [0.25, 0.3) is 0 Å². The van der Waals surface area contributed by atoms with Crippen LogP contribution < -0.4 is 0 Å². The number of ether oxygens (including phenoxy) is 1. The summed E-state index contributed by atoms with van der Waals surface area (Å²) in [4.78, 5) is 20.9. The summed E-state index contributed by atoms with van der Waals surface area (Å²) < 4.78 is 4.36. The second-order valence-corrected chi connectivity index (χ2v) is 1.63. The third-order valence-corrected chi connectivity index (χ3v) is 0.817. The van der Waals surface area contributed by atoms with Crippen LogP contribution in [-0.4, -0.2) is 18.4 Å². The van der Waals surface area contributed by atoms with Crippen LogP contribution in [0.1, 0.15) is 6.92 Å². The molecule has 0 rings (SSSR count). The molecule has 0 saturated heterocycles. The maximum Gasteiger partial charge on any atom is 0.379 e. The minimum absolute atomic E-state index is 0.195. The number of halogens is 1. The molecule has 0 fully saturated rings. The van der Waals surface area contributed by atoms with Crippen molar-refractivity contribution in [3.63, 3.8) is 0 Å². The first-order chi connectivity index (χ1) is 4.72. The van der Waals surface area contributed by atoms with Gasteiger partial charge >= 0.3 is 5.97 Å². The molecule has 0 aliphatic rings. The monoisotopic (exact) mass is 162 g/mol. The molecule has 0 spiro atoms. The number of rotatable bonds is 3. The van der Waals surface area contributed by atoms with Crippen LogP contribution in [0.5, 0.6) is 0 Å². The van der Waals surface area contributed by atoms with Gasteiger partial charge in [-0.3, -0.25) is 4.79 Å². The third kappa shape index (κ3) is 3.25. The highest BCUT2D eigenvalue weighted by Crippen LogP contribution is 1.85. The van der Waals surface area contributed by atoms with Gasteiger partial charge < -0.3 is 4.74 Å². The topological polar surface area (TPSA) is 43.4 Å². The quantitative estimate of drug-likeness (QED) is 0.351. The molecule has 0 aromatic heterocycles. The number of ketones is 1. The van der Waals surface area contributed by atoms with Crippen molar-refractivity contribution < 1.29 is 14.3 Å². The van der Waals surface area contributed by atoms with Crippen molar-refractivity contribution in [3.05, 3.63) is 11.6 Å². The summed E-state index contributed by atoms with van der Waals surface area (Å²) >= 11 is 5.03. The van der Waals surface area contributed by atoms with Gasteiger partial charge in [-0.05, 0) is 6.92 Å². The van der Waals surface area contributed by atoms with E-state index < -0.39 is 11.8 Å². The zero-order valence-corrected chi connectivity index (χ0v) is 6.22. The Labute approximate surface area is 63.6 Å². The van der Waals surface area contributed by atoms with Crippen LogP contribution in [0, 0.1) is 0 Å². The lowest BCUT2D eigenvalue weighted by molar-refractivity contribution is -0.151. The maximum atomic E-state index is 10.5. The summed E-state index contributed by atoms with van der Waals surface area (Å²) in [6, 6.07) is 0. The first-order valence-electron chi connectivity index (χ1n) is 2.70. The standard InChI is InChI=1S/C6H7ClO3/c1-2-10-6(9)5(8)3-4-7/h3-4H,2H2,1H3/b4-3+. The van der Waals surface area contributed by atoms with E-state index in [2.05, 4.69) is 4.74 Å². The van der Waals surface area contributed by atoms with E-state index in [9.17, 15) is 9.59 Å². The fourth-order valence-corrected chi connectivity index (χ4v) is 0.442. The molecule has 4 heteroatoms. The molecule has 10 heavy (non-hydrogen) atoms. The summed E-state index contributed by atoms with van der Waals surface area (Å²) in [5.41, 5.74) is 0.971.